The monoisotopic (exact) mass is 268 g/mol. The molecule has 1 aromatic rings. The van der Waals surface area contributed by atoms with Gasteiger partial charge in [0.2, 0.25) is 0 Å². The van der Waals surface area contributed by atoms with E-state index in [1.54, 1.807) is 0 Å². The van der Waals surface area contributed by atoms with Crippen LogP contribution >= 0.6 is 11.3 Å². The summed E-state index contributed by atoms with van der Waals surface area (Å²) in [6, 6.07) is 0. The second-order valence-electron chi connectivity index (χ2n) is 6.78. The molecule has 1 aromatic heterocycles. The van der Waals surface area contributed by atoms with E-state index in [0.717, 1.165) is 13.0 Å². The highest BCUT2D eigenvalue weighted by atomic mass is 32.1. The Morgan fingerprint density at radius 2 is 1.78 bits per heavy atom. The van der Waals surface area contributed by atoms with Gasteiger partial charge in [0.25, 0.3) is 0 Å². The van der Waals surface area contributed by atoms with E-state index in [1.807, 2.05) is 11.3 Å². The Balaban J connectivity index is 2.86. The maximum Gasteiger partial charge on any atom is 0.0957 e. The number of hydrogen-bond donors (Lipinski definition) is 1. The van der Waals surface area contributed by atoms with Crippen molar-refractivity contribution >= 4 is 11.3 Å². The summed E-state index contributed by atoms with van der Waals surface area (Å²) in [5.41, 5.74) is 1.47. The standard InChI is InChI=1S/C15H28N2S/c1-10(2)8-12-13(9-16-15(5,6)7)18-14(17-12)11(3)4/h10-11,16H,8-9H2,1-7H3. The smallest absolute Gasteiger partial charge is 0.0957 e. The topological polar surface area (TPSA) is 24.9 Å². The van der Waals surface area contributed by atoms with Gasteiger partial charge < -0.3 is 5.32 Å². The molecular formula is C15H28N2S. The lowest BCUT2D eigenvalue weighted by atomic mass is 10.1. The first kappa shape index (κ1) is 15.6. The first-order chi connectivity index (χ1) is 8.19. The number of hydrogen-bond acceptors (Lipinski definition) is 3. The number of nitrogens with one attached hydrogen (secondary N) is 1. The molecule has 0 unspecified atom stereocenters. The van der Waals surface area contributed by atoms with Gasteiger partial charge in [-0.05, 0) is 33.1 Å². The minimum absolute atomic E-state index is 0.164. The molecule has 0 aliphatic rings. The van der Waals surface area contributed by atoms with Crippen molar-refractivity contribution < 1.29 is 0 Å². The molecule has 0 aliphatic carbocycles. The Bertz CT molecular complexity index is 372. The number of rotatable bonds is 5. The van der Waals surface area contributed by atoms with Crippen LogP contribution in [-0.4, -0.2) is 10.5 Å². The predicted molar refractivity (Wildman–Crippen MR) is 81.3 cm³/mol. The second-order valence-corrected chi connectivity index (χ2v) is 7.89. The lowest BCUT2D eigenvalue weighted by Crippen LogP contribution is -2.35. The molecule has 0 spiro atoms. The van der Waals surface area contributed by atoms with Crippen molar-refractivity contribution in [3.63, 3.8) is 0 Å². The van der Waals surface area contributed by atoms with E-state index < -0.39 is 0 Å². The zero-order valence-corrected chi connectivity index (χ0v) is 13.7. The third kappa shape index (κ3) is 5.07. The summed E-state index contributed by atoms with van der Waals surface area (Å²) in [6.07, 6.45) is 1.09. The molecule has 3 heteroatoms. The first-order valence-corrected chi connectivity index (χ1v) is 7.74. The molecule has 0 saturated heterocycles. The highest BCUT2D eigenvalue weighted by Gasteiger charge is 2.16. The lowest BCUT2D eigenvalue weighted by Gasteiger charge is -2.20. The third-order valence-corrected chi connectivity index (χ3v) is 4.07. The summed E-state index contributed by atoms with van der Waals surface area (Å²) < 4.78 is 0. The summed E-state index contributed by atoms with van der Waals surface area (Å²) in [6.45, 7) is 16.5. The van der Waals surface area contributed by atoms with Gasteiger partial charge in [0, 0.05) is 22.9 Å². The average molecular weight is 268 g/mol. The van der Waals surface area contributed by atoms with Gasteiger partial charge in [-0.1, -0.05) is 27.7 Å². The van der Waals surface area contributed by atoms with E-state index in [2.05, 4.69) is 53.8 Å². The zero-order chi connectivity index (χ0) is 13.9. The Kier molecular flexibility index (Phi) is 5.35. The van der Waals surface area contributed by atoms with Gasteiger partial charge in [-0.15, -0.1) is 11.3 Å². The molecule has 0 saturated carbocycles. The quantitative estimate of drug-likeness (QED) is 0.858. The van der Waals surface area contributed by atoms with E-state index >= 15 is 0 Å². The van der Waals surface area contributed by atoms with Crippen molar-refractivity contribution in [2.75, 3.05) is 0 Å². The average Bonchev–Trinajstić information content (AvgIpc) is 2.56. The van der Waals surface area contributed by atoms with Gasteiger partial charge in [0.15, 0.2) is 0 Å². The Morgan fingerprint density at radius 3 is 2.22 bits per heavy atom. The van der Waals surface area contributed by atoms with Crippen LogP contribution < -0.4 is 5.32 Å². The molecule has 2 nitrogen and oxygen atoms in total. The summed E-state index contributed by atoms with van der Waals surface area (Å²) in [4.78, 5) is 6.25. The SMILES string of the molecule is CC(C)Cc1nc(C(C)C)sc1CNC(C)(C)C. The van der Waals surface area contributed by atoms with Gasteiger partial charge in [0.05, 0.1) is 10.7 Å². The molecule has 1 heterocycles. The molecule has 1 rings (SSSR count). The van der Waals surface area contributed by atoms with Crippen LogP contribution in [0.3, 0.4) is 0 Å². The normalized spacial score (nSPS) is 12.7. The van der Waals surface area contributed by atoms with Crippen molar-refractivity contribution in [2.24, 2.45) is 5.92 Å². The summed E-state index contributed by atoms with van der Waals surface area (Å²) in [7, 11) is 0. The fourth-order valence-corrected chi connectivity index (χ4v) is 2.72. The molecule has 0 bridgehead atoms. The molecule has 0 amide bonds. The van der Waals surface area contributed by atoms with E-state index in [9.17, 15) is 0 Å². The Hall–Kier alpha value is -0.410. The molecule has 1 N–H and O–H groups in total. The van der Waals surface area contributed by atoms with Crippen molar-refractivity contribution in [2.45, 2.75) is 72.9 Å². The fourth-order valence-electron chi connectivity index (χ4n) is 1.68. The summed E-state index contributed by atoms with van der Waals surface area (Å²) in [5, 5.41) is 4.85. The van der Waals surface area contributed by atoms with Crippen LogP contribution in [0.5, 0.6) is 0 Å². The second kappa shape index (κ2) is 6.16. The summed E-state index contributed by atoms with van der Waals surface area (Å²) in [5.74, 6) is 1.20. The van der Waals surface area contributed by atoms with Gasteiger partial charge in [-0.25, -0.2) is 4.98 Å². The zero-order valence-electron chi connectivity index (χ0n) is 12.9. The first-order valence-electron chi connectivity index (χ1n) is 6.92. The maximum absolute atomic E-state index is 4.83. The van der Waals surface area contributed by atoms with Crippen molar-refractivity contribution in [3.05, 3.63) is 15.6 Å². The minimum atomic E-state index is 0.164. The fraction of sp³-hybridized carbons (Fsp3) is 0.800. The van der Waals surface area contributed by atoms with Crippen LogP contribution in [0.25, 0.3) is 0 Å². The minimum Gasteiger partial charge on any atom is -0.307 e. The molecule has 104 valence electrons. The molecule has 0 aliphatic heterocycles. The number of thiazole rings is 1. The predicted octanol–water partition coefficient (Wildman–Crippen LogP) is 4.35. The van der Waals surface area contributed by atoms with E-state index in [-0.39, 0.29) is 5.54 Å². The van der Waals surface area contributed by atoms with Crippen LogP contribution in [0, 0.1) is 5.92 Å². The largest absolute Gasteiger partial charge is 0.307 e. The van der Waals surface area contributed by atoms with E-state index in [4.69, 9.17) is 4.98 Å². The third-order valence-electron chi connectivity index (χ3n) is 2.67. The van der Waals surface area contributed by atoms with Gasteiger partial charge in [-0.2, -0.15) is 0 Å². The van der Waals surface area contributed by atoms with Crippen LogP contribution in [-0.2, 0) is 13.0 Å². The molecule has 0 atom stereocenters. The Morgan fingerprint density at radius 1 is 1.17 bits per heavy atom. The lowest BCUT2D eigenvalue weighted by molar-refractivity contribution is 0.425. The van der Waals surface area contributed by atoms with Crippen LogP contribution in [0.2, 0.25) is 0 Å². The van der Waals surface area contributed by atoms with Crippen LogP contribution in [0.1, 0.15) is 70.0 Å². The molecule has 0 fully saturated rings. The van der Waals surface area contributed by atoms with E-state index in [1.165, 1.54) is 15.6 Å². The van der Waals surface area contributed by atoms with Gasteiger partial charge in [-0.3, -0.25) is 0 Å². The molecule has 18 heavy (non-hydrogen) atoms. The van der Waals surface area contributed by atoms with Crippen molar-refractivity contribution in [3.8, 4) is 0 Å². The van der Waals surface area contributed by atoms with Gasteiger partial charge >= 0.3 is 0 Å². The molecule has 0 radical (unpaired) electrons. The summed E-state index contributed by atoms with van der Waals surface area (Å²) >= 11 is 1.88. The number of aromatic nitrogens is 1. The van der Waals surface area contributed by atoms with Crippen molar-refractivity contribution in [1.29, 1.82) is 0 Å². The Labute approximate surface area is 116 Å². The number of nitrogens with zero attached hydrogens (tertiary/aromatic N) is 1. The highest BCUT2D eigenvalue weighted by molar-refractivity contribution is 7.11. The van der Waals surface area contributed by atoms with Crippen molar-refractivity contribution in [1.82, 2.24) is 10.3 Å². The van der Waals surface area contributed by atoms with E-state index in [0.29, 0.717) is 11.8 Å². The van der Waals surface area contributed by atoms with Crippen LogP contribution in [0.4, 0.5) is 0 Å². The molecule has 0 aromatic carbocycles. The van der Waals surface area contributed by atoms with Gasteiger partial charge in [0.1, 0.15) is 0 Å². The van der Waals surface area contributed by atoms with Crippen LogP contribution in [0.15, 0.2) is 0 Å². The molecular weight excluding hydrogens is 240 g/mol. The maximum atomic E-state index is 4.83. The highest BCUT2D eigenvalue weighted by Crippen LogP contribution is 2.27.